The summed E-state index contributed by atoms with van der Waals surface area (Å²) in [5.74, 6) is 6.97. The van der Waals surface area contributed by atoms with E-state index in [-0.39, 0.29) is 6.04 Å². The summed E-state index contributed by atoms with van der Waals surface area (Å²) < 4.78 is 5.90. The van der Waals surface area contributed by atoms with Gasteiger partial charge in [0.25, 0.3) is 0 Å². The van der Waals surface area contributed by atoms with E-state index in [9.17, 15) is 0 Å². The van der Waals surface area contributed by atoms with E-state index in [0.29, 0.717) is 23.9 Å². The van der Waals surface area contributed by atoms with Crippen LogP contribution in [0.25, 0.3) is 0 Å². The Hall–Kier alpha value is -2.77. The SMILES string of the molecule is Cc1ccc(C#Cc2ccc(OCC(C)NCc3ccc(CN)cc3)c(Cl)c2)cc1. The predicted octanol–water partition coefficient (Wildman–Crippen LogP) is 5.06. The Balaban J connectivity index is 1.51. The molecule has 0 aliphatic heterocycles. The Morgan fingerprint density at radius 1 is 0.933 bits per heavy atom. The molecule has 0 bridgehead atoms. The molecule has 0 aliphatic rings. The standard InChI is InChI=1S/C26H27ClN2O/c1-19-3-5-21(6-4-19)7-8-22-13-14-26(25(27)15-22)30-18-20(2)29-17-24-11-9-23(16-28)10-12-24/h3-6,9-15,20,29H,16-18,28H2,1-2H3. The van der Waals surface area contributed by atoms with Gasteiger partial charge in [-0.05, 0) is 55.3 Å². The van der Waals surface area contributed by atoms with Crippen molar-refractivity contribution in [2.24, 2.45) is 5.73 Å². The third-order valence-electron chi connectivity index (χ3n) is 4.74. The van der Waals surface area contributed by atoms with E-state index in [1.54, 1.807) is 0 Å². The molecule has 0 amide bonds. The second kappa shape index (κ2) is 10.8. The molecule has 0 saturated heterocycles. The van der Waals surface area contributed by atoms with Crippen molar-refractivity contribution in [1.82, 2.24) is 5.32 Å². The number of halogens is 1. The van der Waals surface area contributed by atoms with Gasteiger partial charge in [-0.25, -0.2) is 0 Å². The first kappa shape index (κ1) is 21.9. The van der Waals surface area contributed by atoms with E-state index in [1.165, 1.54) is 11.1 Å². The molecule has 3 aromatic rings. The summed E-state index contributed by atoms with van der Waals surface area (Å²) in [5.41, 5.74) is 11.1. The average molecular weight is 419 g/mol. The highest BCUT2D eigenvalue weighted by atomic mass is 35.5. The first-order valence-electron chi connectivity index (χ1n) is 10.1. The number of rotatable bonds is 7. The quantitative estimate of drug-likeness (QED) is 0.527. The van der Waals surface area contributed by atoms with Crippen molar-refractivity contribution < 1.29 is 4.74 Å². The highest BCUT2D eigenvalue weighted by Crippen LogP contribution is 2.25. The van der Waals surface area contributed by atoms with Crippen LogP contribution >= 0.6 is 11.6 Å². The molecule has 0 radical (unpaired) electrons. The monoisotopic (exact) mass is 418 g/mol. The summed E-state index contributed by atoms with van der Waals surface area (Å²) in [5, 5.41) is 4.02. The molecule has 1 atom stereocenters. The lowest BCUT2D eigenvalue weighted by Crippen LogP contribution is -2.31. The predicted molar refractivity (Wildman–Crippen MR) is 125 cm³/mol. The highest BCUT2D eigenvalue weighted by molar-refractivity contribution is 6.32. The Kier molecular flexibility index (Phi) is 7.93. The first-order chi connectivity index (χ1) is 14.5. The molecule has 3 aromatic carbocycles. The van der Waals surface area contributed by atoms with Gasteiger partial charge in [0.05, 0.1) is 5.02 Å². The summed E-state index contributed by atoms with van der Waals surface area (Å²) in [6, 6.07) is 22.3. The van der Waals surface area contributed by atoms with Crippen LogP contribution in [0.3, 0.4) is 0 Å². The summed E-state index contributed by atoms with van der Waals surface area (Å²) in [6.45, 7) is 6.01. The maximum atomic E-state index is 6.39. The summed E-state index contributed by atoms with van der Waals surface area (Å²) in [4.78, 5) is 0. The lowest BCUT2D eigenvalue weighted by atomic mass is 10.1. The van der Waals surface area contributed by atoms with Gasteiger partial charge in [-0.3, -0.25) is 0 Å². The minimum atomic E-state index is 0.177. The first-order valence-corrected chi connectivity index (χ1v) is 10.4. The second-order valence-corrected chi connectivity index (χ2v) is 7.78. The van der Waals surface area contributed by atoms with Gasteiger partial charge in [0.15, 0.2) is 0 Å². The Bertz CT molecular complexity index is 1020. The van der Waals surface area contributed by atoms with Gasteiger partial charge in [0, 0.05) is 30.3 Å². The molecular formula is C26H27ClN2O. The van der Waals surface area contributed by atoms with Crippen LogP contribution in [-0.2, 0) is 13.1 Å². The molecule has 0 aliphatic carbocycles. The molecule has 154 valence electrons. The van der Waals surface area contributed by atoms with Gasteiger partial charge in [-0.2, -0.15) is 0 Å². The van der Waals surface area contributed by atoms with Crippen molar-refractivity contribution in [2.75, 3.05) is 6.61 Å². The van der Waals surface area contributed by atoms with Crippen LogP contribution in [0.2, 0.25) is 5.02 Å². The van der Waals surface area contributed by atoms with Crippen molar-refractivity contribution in [1.29, 1.82) is 0 Å². The second-order valence-electron chi connectivity index (χ2n) is 7.37. The van der Waals surface area contributed by atoms with Gasteiger partial charge in [0.2, 0.25) is 0 Å². The summed E-state index contributed by atoms with van der Waals surface area (Å²) >= 11 is 6.39. The van der Waals surface area contributed by atoms with Crippen LogP contribution in [0.1, 0.15) is 34.7 Å². The zero-order valence-electron chi connectivity index (χ0n) is 17.4. The molecule has 4 heteroatoms. The molecule has 3 nitrogen and oxygen atoms in total. The lowest BCUT2D eigenvalue weighted by molar-refractivity contribution is 0.272. The van der Waals surface area contributed by atoms with Crippen LogP contribution in [0.15, 0.2) is 66.7 Å². The number of hydrogen-bond donors (Lipinski definition) is 2. The summed E-state index contributed by atoms with van der Waals surface area (Å²) in [7, 11) is 0. The molecule has 0 spiro atoms. The Morgan fingerprint density at radius 3 is 2.23 bits per heavy atom. The number of nitrogens with one attached hydrogen (secondary N) is 1. The van der Waals surface area contributed by atoms with E-state index in [1.807, 2.05) is 30.3 Å². The number of aryl methyl sites for hydroxylation is 1. The van der Waals surface area contributed by atoms with Gasteiger partial charge in [-0.15, -0.1) is 0 Å². The van der Waals surface area contributed by atoms with Crippen LogP contribution in [-0.4, -0.2) is 12.6 Å². The fourth-order valence-electron chi connectivity index (χ4n) is 2.84. The third-order valence-corrected chi connectivity index (χ3v) is 5.03. The highest BCUT2D eigenvalue weighted by Gasteiger charge is 2.07. The normalized spacial score (nSPS) is 11.5. The molecule has 0 aromatic heterocycles. The van der Waals surface area contributed by atoms with Crippen molar-refractivity contribution in [2.45, 2.75) is 33.0 Å². The molecule has 0 heterocycles. The van der Waals surface area contributed by atoms with Crippen LogP contribution < -0.4 is 15.8 Å². The fraction of sp³-hybridized carbons (Fsp3) is 0.231. The lowest BCUT2D eigenvalue weighted by Gasteiger charge is -2.16. The van der Waals surface area contributed by atoms with Gasteiger partial charge in [-0.1, -0.05) is 65.4 Å². The molecular weight excluding hydrogens is 392 g/mol. The van der Waals surface area contributed by atoms with Gasteiger partial charge < -0.3 is 15.8 Å². The third kappa shape index (κ3) is 6.64. The summed E-state index contributed by atoms with van der Waals surface area (Å²) in [6.07, 6.45) is 0. The van der Waals surface area contributed by atoms with Crippen LogP contribution in [0.4, 0.5) is 0 Å². The van der Waals surface area contributed by atoms with E-state index < -0.39 is 0 Å². The number of benzene rings is 3. The average Bonchev–Trinajstić information content (AvgIpc) is 2.77. The van der Waals surface area contributed by atoms with Crippen molar-refractivity contribution >= 4 is 11.6 Å². The van der Waals surface area contributed by atoms with Crippen molar-refractivity contribution in [3.05, 3.63) is 99.6 Å². The number of nitrogens with two attached hydrogens (primary N) is 1. The fourth-order valence-corrected chi connectivity index (χ4v) is 3.07. The van der Waals surface area contributed by atoms with Crippen LogP contribution in [0.5, 0.6) is 5.75 Å². The number of hydrogen-bond acceptors (Lipinski definition) is 3. The molecule has 3 N–H and O–H groups in total. The largest absolute Gasteiger partial charge is 0.490 e. The zero-order chi connectivity index (χ0) is 21.3. The molecule has 0 saturated carbocycles. The smallest absolute Gasteiger partial charge is 0.138 e. The van der Waals surface area contributed by atoms with Gasteiger partial charge in [0.1, 0.15) is 12.4 Å². The molecule has 30 heavy (non-hydrogen) atoms. The minimum absolute atomic E-state index is 0.177. The molecule has 0 fully saturated rings. The van der Waals surface area contributed by atoms with E-state index in [2.05, 4.69) is 67.4 Å². The van der Waals surface area contributed by atoms with Crippen LogP contribution in [0, 0.1) is 18.8 Å². The van der Waals surface area contributed by atoms with E-state index >= 15 is 0 Å². The molecule has 1 unspecified atom stereocenters. The Labute approximate surface area is 184 Å². The van der Waals surface area contributed by atoms with E-state index in [4.69, 9.17) is 22.1 Å². The maximum Gasteiger partial charge on any atom is 0.138 e. The maximum absolute atomic E-state index is 6.39. The van der Waals surface area contributed by atoms with E-state index in [0.717, 1.165) is 23.2 Å². The van der Waals surface area contributed by atoms with Gasteiger partial charge >= 0.3 is 0 Å². The molecule has 3 rings (SSSR count). The number of ether oxygens (including phenoxy) is 1. The minimum Gasteiger partial charge on any atom is -0.490 e. The topological polar surface area (TPSA) is 47.3 Å². The zero-order valence-corrected chi connectivity index (χ0v) is 18.2. The van der Waals surface area contributed by atoms with Crippen molar-refractivity contribution in [3.8, 4) is 17.6 Å². The Morgan fingerprint density at radius 2 is 1.57 bits per heavy atom. The van der Waals surface area contributed by atoms with Crippen molar-refractivity contribution in [3.63, 3.8) is 0 Å².